The molecule has 1 aliphatic rings. The van der Waals surface area contributed by atoms with Crippen LogP contribution in [0.2, 0.25) is 0 Å². The normalized spacial score (nSPS) is 13.7. The molecular formula is C19H21N3O2. The van der Waals surface area contributed by atoms with Crippen LogP contribution in [-0.4, -0.2) is 41.6 Å². The molecule has 0 N–H and O–H groups in total. The first-order valence-electron chi connectivity index (χ1n) is 8.14. The summed E-state index contributed by atoms with van der Waals surface area (Å²) in [4.78, 5) is 7.04. The molecule has 24 heavy (non-hydrogen) atoms. The van der Waals surface area contributed by atoms with Crippen molar-refractivity contribution >= 4 is 5.65 Å². The standard InChI is InChI=1S/C19H21N3O2/c1-13-6-7-22-15(12-21(2)3)19(20-18(22)10-13)14-4-5-16-17(11-14)24-9-8-23-16/h4-7,10-11H,8-9,12H2,1-3H3. The number of hydrogen-bond acceptors (Lipinski definition) is 4. The Morgan fingerprint density at radius 2 is 1.88 bits per heavy atom. The van der Waals surface area contributed by atoms with Gasteiger partial charge in [0.05, 0.1) is 11.4 Å². The Morgan fingerprint density at radius 1 is 1.08 bits per heavy atom. The molecule has 0 unspecified atom stereocenters. The number of hydrogen-bond donors (Lipinski definition) is 0. The summed E-state index contributed by atoms with van der Waals surface area (Å²) in [5.74, 6) is 1.60. The summed E-state index contributed by atoms with van der Waals surface area (Å²) in [5.41, 5.74) is 5.39. The highest BCUT2D eigenvalue weighted by molar-refractivity contribution is 5.69. The highest BCUT2D eigenvalue weighted by atomic mass is 16.6. The van der Waals surface area contributed by atoms with Crippen LogP contribution in [0.5, 0.6) is 11.5 Å². The molecule has 1 aliphatic heterocycles. The molecule has 0 spiro atoms. The predicted molar refractivity (Wildman–Crippen MR) is 93.7 cm³/mol. The van der Waals surface area contributed by atoms with Crippen molar-refractivity contribution in [3.05, 3.63) is 47.8 Å². The molecule has 0 fully saturated rings. The Balaban J connectivity index is 1.88. The van der Waals surface area contributed by atoms with E-state index in [0.29, 0.717) is 13.2 Å². The molecule has 0 saturated heterocycles. The summed E-state index contributed by atoms with van der Waals surface area (Å²) in [5, 5.41) is 0. The van der Waals surface area contributed by atoms with Crippen molar-refractivity contribution in [3.8, 4) is 22.8 Å². The number of aryl methyl sites for hydroxylation is 1. The van der Waals surface area contributed by atoms with E-state index in [2.05, 4.69) is 54.7 Å². The van der Waals surface area contributed by atoms with E-state index < -0.39 is 0 Å². The largest absolute Gasteiger partial charge is 0.486 e. The van der Waals surface area contributed by atoms with Crippen LogP contribution in [0.4, 0.5) is 0 Å². The number of imidazole rings is 1. The molecule has 3 heterocycles. The van der Waals surface area contributed by atoms with Crippen LogP contribution in [0.25, 0.3) is 16.9 Å². The zero-order valence-corrected chi connectivity index (χ0v) is 14.2. The number of aromatic nitrogens is 2. The van der Waals surface area contributed by atoms with E-state index in [4.69, 9.17) is 14.5 Å². The van der Waals surface area contributed by atoms with Crippen molar-refractivity contribution in [2.45, 2.75) is 13.5 Å². The second-order valence-electron chi connectivity index (χ2n) is 6.44. The van der Waals surface area contributed by atoms with Crippen LogP contribution < -0.4 is 9.47 Å². The van der Waals surface area contributed by atoms with Gasteiger partial charge in [-0.25, -0.2) is 4.98 Å². The molecule has 4 rings (SSSR count). The first-order chi connectivity index (χ1) is 11.6. The lowest BCUT2D eigenvalue weighted by molar-refractivity contribution is 0.171. The SMILES string of the molecule is Cc1ccn2c(CN(C)C)c(-c3ccc4c(c3)OCCO4)nc2c1. The van der Waals surface area contributed by atoms with E-state index in [1.165, 1.54) is 11.3 Å². The van der Waals surface area contributed by atoms with Gasteiger partial charge in [0.25, 0.3) is 0 Å². The Morgan fingerprint density at radius 3 is 2.67 bits per heavy atom. The summed E-state index contributed by atoms with van der Waals surface area (Å²) in [6, 6.07) is 10.3. The van der Waals surface area contributed by atoms with Gasteiger partial charge in [-0.15, -0.1) is 0 Å². The molecule has 3 aromatic rings. The van der Waals surface area contributed by atoms with E-state index in [0.717, 1.165) is 34.9 Å². The van der Waals surface area contributed by atoms with Gasteiger partial charge in [-0.3, -0.25) is 0 Å². The number of rotatable bonds is 3. The highest BCUT2D eigenvalue weighted by Gasteiger charge is 2.18. The zero-order valence-electron chi connectivity index (χ0n) is 14.2. The topological polar surface area (TPSA) is 39.0 Å². The minimum Gasteiger partial charge on any atom is -0.486 e. The molecule has 0 radical (unpaired) electrons. The zero-order chi connectivity index (χ0) is 16.7. The number of ether oxygens (including phenoxy) is 2. The van der Waals surface area contributed by atoms with E-state index in [1.807, 2.05) is 12.1 Å². The summed E-state index contributed by atoms with van der Waals surface area (Å²) in [6.07, 6.45) is 2.10. The van der Waals surface area contributed by atoms with E-state index >= 15 is 0 Å². The molecule has 2 aromatic heterocycles. The third kappa shape index (κ3) is 2.61. The van der Waals surface area contributed by atoms with Crippen LogP contribution >= 0.6 is 0 Å². The number of fused-ring (bicyclic) bond motifs is 2. The average molecular weight is 323 g/mol. The lowest BCUT2D eigenvalue weighted by atomic mass is 10.1. The Labute approximate surface area is 141 Å². The Bertz CT molecular complexity index is 899. The molecule has 1 aromatic carbocycles. The fraction of sp³-hybridized carbons (Fsp3) is 0.316. The molecule has 0 aliphatic carbocycles. The fourth-order valence-electron chi connectivity index (χ4n) is 3.07. The molecule has 0 bridgehead atoms. The maximum absolute atomic E-state index is 5.73. The molecule has 0 saturated carbocycles. The molecule has 0 amide bonds. The second kappa shape index (κ2) is 5.83. The maximum atomic E-state index is 5.73. The summed E-state index contributed by atoms with van der Waals surface area (Å²) in [6.45, 7) is 4.09. The summed E-state index contributed by atoms with van der Waals surface area (Å²) in [7, 11) is 4.14. The van der Waals surface area contributed by atoms with Gasteiger partial charge in [0.2, 0.25) is 0 Å². The third-order valence-electron chi connectivity index (χ3n) is 4.16. The second-order valence-corrected chi connectivity index (χ2v) is 6.44. The van der Waals surface area contributed by atoms with Crippen LogP contribution in [-0.2, 0) is 6.54 Å². The third-order valence-corrected chi connectivity index (χ3v) is 4.16. The first kappa shape index (κ1) is 15.0. The fourth-order valence-corrected chi connectivity index (χ4v) is 3.07. The number of nitrogens with zero attached hydrogens (tertiary/aromatic N) is 3. The molecule has 5 heteroatoms. The minimum absolute atomic E-state index is 0.589. The first-order valence-corrected chi connectivity index (χ1v) is 8.14. The van der Waals surface area contributed by atoms with Crippen LogP contribution in [0.15, 0.2) is 36.5 Å². The lowest BCUT2D eigenvalue weighted by Gasteiger charge is -2.19. The van der Waals surface area contributed by atoms with Gasteiger partial charge < -0.3 is 18.8 Å². The Kier molecular flexibility index (Phi) is 3.65. The van der Waals surface area contributed by atoms with Gasteiger partial charge in [-0.2, -0.15) is 0 Å². The number of benzene rings is 1. The van der Waals surface area contributed by atoms with Crippen molar-refractivity contribution in [2.24, 2.45) is 0 Å². The van der Waals surface area contributed by atoms with Crippen molar-refractivity contribution in [3.63, 3.8) is 0 Å². The average Bonchev–Trinajstić information content (AvgIpc) is 2.91. The van der Waals surface area contributed by atoms with E-state index in [1.54, 1.807) is 0 Å². The molecular weight excluding hydrogens is 302 g/mol. The summed E-state index contributed by atoms with van der Waals surface area (Å²) < 4.78 is 13.5. The van der Waals surface area contributed by atoms with Crippen molar-refractivity contribution in [2.75, 3.05) is 27.3 Å². The van der Waals surface area contributed by atoms with Gasteiger partial charge >= 0.3 is 0 Å². The summed E-state index contributed by atoms with van der Waals surface area (Å²) >= 11 is 0. The Hall–Kier alpha value is -2.53. The molecule has 5 nitrogen and oxygen atoms in total. The predicted octanol–water partition coefficient (Wildman–Crippen LogP) is 3.14. The van der Waals surface area contributed by atoms with Gasteiger partial charge in [-0.1, -0.05) is 0 Å². The van der Waals surface area contributed by atoms with Crippen molar-refractivity contribution in [1.29, 1.82) is 0 Å². The minimum atomic E-state index is 0.589. The smallest absolute Gasteiger partial charge is 0.162 e. The van der Waals surface area contributed by atoms with Crippen LogP contribution in [0.1, 0.15) is 11.3 Å². The van der Waals surface area contributed by atoms with E-state index in [-0.39, 0.29) is 0 Å². The highest BCUT2D eigenvalue weighted by Crippen LogP contribution is 2.35. The van der Waals surface area contributed by atoms with Crippen molar-refractivity contribution in [1.82, 2.24) is 14.3 Å². The lowest BCUT2D eigenvalue weighted by Crippen LogP contribution is -2.15. The molecule has 0 atom stereocenters. The number of pyridine rings is 1. The van der Waals surface area contributed by atoms with Gasteiger partial charge in [0.1, 0.15) is 18.9 Å². The van der Waals surface area contributed by atoms with E-state index in [9.17, 15) is 0 Å². The van der Waals surface area contributed by atoms with Crippen LogP contribution in [0.3, 0.4) is 0 Å². The quantitative estimate of drug-likeness (QED) is 0.742. The van der Waals surface area contributed by atoms with Gasteiger partial charge in [-0.05, 0) is 56.9 Å². The maximum Gasteiger partial charge on any atom is 0.162 e. The van der Waals surface area contributed by atoms with Crippen LogP contribution in [0, 0.1) is 6.92 Å². The van der Waals surface area contributed by atoms with Crippen molar-refractivity contribution < 1.29 is 9.47 Å². The monoisotopic (exact) mass is 323 g/mol. The molecule has 124 valence electrons. The van der Waals surface area contributed by atoms with Gasteiger partial charge in [0, 0.05) is 18.3 Å². The van der Waals surface area contributed by atoms with Gasteiger partial charge in [0.15, 0.2) is 11.5 Å².